The second-order valence-electron chi connectivity index (χ2n) is 7.40. The van der Waals surface area contributed by atoms with Crippen LogP contribution in [0.15, 0.2) is 41.1 Å². The van der Waals surface area contributed by atoms with Gasteiger partial charge in [-0.15, -0.1) is 22.7 Å². The van der Waals surface area contributed by atoms with E-state index in [1.807, 2.05) is 11.3 Å². The summed E-state index contributed by atoms with van der Waals surface area (Å²) in [5.74, 6) is 0.0975. The van der Waals surface area contributed by atoms with Gasteiger partial charge in [-0.3, -0.25) is 4.79 Å². The summed E-state index contributed by atoms with van der Waals surface area (Å²) in [5.41, 5.74) is 5.85. The molecule has 0 saturated carbocycles. The number of carbonyl (C=O) groups is 1. The number of amides is 1. The molecule has 1 aliphatic rings. The third-order valence-electron chi connectivity index (χ3n) is 5.33. The van der Waals surface area contributed by atoms with Gasteiger partial charge in [0.2, 0.25) is 0 Å². The molecular formula is C22H25N2OS2+. The molecule has 2 N–H and O–H groups in total. The van der Waals surface area contributed by atoms with Crippen LogP contribution in [0.4, 0.5) is 5.69 Å². The second kappa shape index (κ2) is 7.58. The van der Waals surface area contributed by atoms with Gasteiger partial charge in [-0.05, 0) is 54.8 Å². The van der Waals surface area contributed by atoms with Crippen LogP contribution in [0.2, 0.25) is 0 Å². The number of nitrogens with one attached hydrogen (secondary N) is 2. The standard InChI is InChI=1S/C22H24N2OS2/c1-14-11-15(2)21(16(3)12-14)23-20(25)13-24-8-6-18-17(7-10-27-18)22(24)19-5-4-9-26-19/h4-5,7,9-12,22H,6,8,13H2,1-3H3,(H,23,25)/p+1/t22-/m1/s1. The maximum absolute atomic E-state index is 12.9. The summed E-state index contributed by atoms with van der Waals surface area (Å²) >= 11 is 3.64. The summed E-state index contributed by atoms with van der Waals surface area (Å²) in [5, 5.41) is 7.50. The van der Waals surface area contributed by atoms with Gasteiger partial charge in [0.15, 0.2) is 6.54 Å². The molecule has 3 heterocycles. The Morgan fingerprint density at radius 2 is 1.93 bits per heavy atom. The van der Waals surface area contributed by atoms with Crippen LogP contribution in [0, 0.1) is 20.8 Å². The molecule has 1 amide bonds. The number of aryl methyl sites for hydroxylation is 3. The SMILES string of the molecule is Cc1cc(C)c(NC(=O)C[NH+]2CCc3sccc3[C@@H]2c2cccs2)c(C)c1. The number of rotatable bonds is 4. The Hall–Kier alpha value is -1.95. The number of quaternary nitrogens is 1. The zero-order chi connectivity index (χ0) is 19.0. The van der Waals surface area contributed by atoms with Gasteiger partial charge in [0.1, 0.15) is 6.04 Å². The van der Waals surface area contributed by atoms with Crippen molar-refractivity contribution in [3.05, 3.63) is 73.1 Å². The van der Waals surface area contributed by atoms with Crippen LogP contribution >= 0.6 is 22.7 Å². The van der Waals surface area contributed by atoms with E-state index in [9.17, 15) is 4.79 Å². The van der Waals surface area contributed by atoms with E-state index in [2.05, 4.69) is 67.2 Å². The van der Waals surface area contributed by atoms with Crippen molar-refractivity contribution in [2.75, 3.05) is 18.4 Å². The van der Waals surface area contributed by atoms with Crippen molar-refractivity contribution >= 4 is 34.3 Å². The molecule has 5 heteroatoms. The average molecular weight is 398 g/mol. The smallest absolute Gasteiger partial charge is 0.279 e. The van der Waals surface area contributed by atoms with Crippen molar-refractivity contribution in [2.45, 2.75) is 33.2 Å². The Morgan fingerprint density at radius 3 is 2.63 bits per heavy atom. The molecule has 1 unspecified atom stereocenters. The molecule has 0 fully saturated rings. The Morgan fingerprint density at radius 1 is 1.15 bits per heavy atom. The molecular weight excluding hydrogens is 372 g/mol. The van der Waals surface area contributed by atoms with Crippen molar-refractivity contribution in [2.24, 2.45) is 0 Å². The summed E-state index contributed by atoms with van der Waals surface area (Å²) in [6, 6.07) is 11.1. The molecule has 3 nitrogen and oxygen atoms in total. The predicted octanol–water partition coefficient (Wildman–Crippen LogP) is 3.90. The number of anilines is 1. The topological polar surface area (TPSA) is 33.5 Å². The fraction of sp³-hybridized carbons (Fsp3) is 0.318. The fourth-order valence-corrected chi connectivity index (χ4v) is 6.04. The Bertz CT molecular complexity index is 936. The van der Waals surface area contributed by atoms with E-state index in [1.54, 1.807) is 11.3 Å². The van der Waals surface area contributed by atoms with E-state index in [-0.39, 0.29) is 11.9 Å². The predicted molar refractivity (Wildman–Crippen MR) is 114 cm³/mol. The molecule has 140 valence electrons. The van der Waals surface area contributed by atoms with E-state index in [0.717, 1.165) is 29.8 Å². The summed E-state index contributed by atoms with van der Waals surface area (Å²) in [7, 11) is 0. The van der Waals surface area contributed by atoms with Gasteiger partial charge in [0.25, 0.3) is 5.91 Å². The molecule has 1 aromatic carbocycles. The van der Waals surface area contributed by atoms with Gasteiger partial charge in [0, 0.05) is 22.5 Å². The second-order valence-corrected chi connectivity index (χ2v) is 9.38. The minimum atomic E-state index is 0.0975. The van der Waals surface area contributed by atoms with Gasteiger partial charge in [0.05, 0.1) is 11.4 Å². The summed E-state index contributed by atoms with van der Waals surface area (Å²) in [6.45, 7) is 7.71. The number of carbonyl (C=O) groups excluding carboxylic acids is 1. The van der Waals surface area contributed by atoms with Crippen LogP contribution in [0.25, 0.3) is 0 Å². The van der Waals surface area contributed by atoms with E-state index >= 15 is 0 Å². The van der Waals surface area contributed by atoms with Gasteiger partial charge in [-0.1, -0.05) is 23.8 Å². The summed E-state index contributed by atoms with van der Waals surface area (Å²) < 4.78 is 0. The molecule has 0 radical (unpaired) electrons. The van der Waals surface area contributed by atoms with Crippen molar-refractivity contribution in [1.82, 2.24) is 0 Å². The first-order chi connectivity index (χ1) is 13.0. The molecule has 2 atom stereocenters. The van der Waals surface area contributed by atoms with E-state index < -0.39 is 0 Å². The zero-order valence-electron chi connectivity index (χ0n) is 16.0. The third kappa shape index (κ3) is 3.72. The lowest BCUT2D eigenvalue weighted by molar-refractivity contribution is -0.919. The molecule has 0 saturated heterocycles. The van der Waals surface area contributed by atoms with Crippen LogP contribution in [-0.2, 0) is 11.2 Å². The summed E-state index contributed by atoms with van der Waals surface area (Å²) in [6.07, 6.45) is 1.06. The quantitative estimate of drug-likeness (QED) is 0.688. The number of hydrogen-bond donors (Lipinski definition) is 2. The Labute approximate surface area is 168 Å². The molecule has 0 spiro atoms. The van der Waals surface area contributed by atoms with Crippen molar-refractivity contribution < 1.29 is 9.69 Å². The molecule has 2 aromatic heterocycles. The highest BCUT2D eigenvalue weighted by molar-refractivity contribution is 7.10. The van der Waals surface area contributed by atoms with Gasteiger partial charge >= 0.3 is 0 Å². The average Bonchev–Trinajstić information content (AvgIpc) is 3.29. The lowest BCUT2D eigenvalue weighted by atomic mass is 9.98. The maximum atomic E-state index is 12.9. The van der Waals surface area contributed by atoms with Gasteiger partial charge in [-0.25, -0.2) is 0 Å². The monoisotopic (exact) mass is 397 g/mol. The highest BCUT2D eigenvalue weighted by atomic mass is 32.1. The lowest BCUT2D eigenvalue weighted by Gasteiger charge is -2.31. The van der Waals surface area contributed by atoms with Crippen LogP contribution in [0.3, 0.4) is 0 Å². The van der Waals surface area contributed by atoms with Crippen LogP contribution in [-0.4, -0.2) is 19.0 Å². The first-order valence-corrected chi connectivity index (χ1v) is 11.1. The largest absolute Gasteiger partial charge is 0.321 e. The molecule has 27 heavy (non-hydrogen) atoms. The van der Waals surface area contributed by atoms with Gasteiger partial charge in [-0.2, -0.15) is 0 Å². The highest BCUT2D eigenvalue weighted by Crippen LogP contribution is 2.31. The highest BCUT2D eigenvalue weighted by Gasteiger charge is 2.35. The molecule has 1 aliphatic heterocycles. The summed E-state index contributed by atoms with van der Waals surface area (Å²) in [4.78, 5) is 17.1. The van der Waals surface area contributed by atoms with Crippen molar-refractivity contribution in [3.63, 3.8) is 0 Å². The normalized spacial score (nSPS) is 18.9. The molecule has 0 aliphatic carbocycles. The minimum Gasteiger partial charge on any atom is -0.321 e. The fourth-order valence-electron chi connectivity index (χ4n) is 4.22. The van der Waals surface area contributed by atoms with E-state index in [0.29, 0.717) is 6.54 Å². The van der Waals surface area contributed by atoms with Crippen LogP contribution < -0.4 is 10.2 Å². The zero-order valence-corrected chi connectivity index (χ0v) is 17.6. The molecule has 0 bridgehead atoms. The number of benzene rings is 1. The number of fused-ring (bicyclic) bond motifs is 1. The first kappa shape index (κ1) is 18.4. The van der Waals surface area contributed by atoms with E-state index in [4.69, 9.17) is 0 Å². The number of hydrogen-bond acceptors (Lipinski definition) is 3. The van der Waals surface area contributed by atoms with Gasteiger partial charge < -0.3 is 10.2 Å². The minimum absolute atomic E-state index is 0.0975. The van der Waals surface area contributed by atoms with E-state index in [1.165, 1.54) is 25.8 Å². The van der Waals surface area contributed by atoms with Crippen LogP contribution in [0.1, 0.15) is 38.0 Å². The molecule has 3 aromatic rings. The first-order valence-electron chi connectivity index (χ1n) is 9.35. The third-order valence-corrected chi connectivity index (χ3v) is 7.26. The number of thiophene rings is 2. The maximum Gasteiger partial charge on any atom is 0.279 e. The Kier molecular flexibility index (Phi) is 5.17. The van der Waals surface area contributed by atoms with Crippen molar-refractivity contribution in [3.8, 4) is 0 Å². The van der Waals surface area contributed by atoms with Crippen molar-refractivity contribution in [1.29, 1.82) is 0 Å². The van der Waals surface area contributed by atoms with Crippen LogP contribution in [0.5, 0.6) is 0 Å². The Balaban J connectivity index is 1.56. The lowest BCUT2D eigenvalue weighted by Crippen LogP contribution is -3.14. The molecule has 4 rings (SSSR count).